The number of nitrogens with one attached hydrogen (secondary N) is 2. The number of anilines is 2. The predicted octanol–water partition coefficient (Wildman–Crippen LogP) is 2.91. The van der Waals surface area contributed by atoms with Crippen LogP contribution in [0.2, 0.25) is 0 Å². The first-order valence-corrected chi connectivity index (χ1v) is 10.3. The van der Waals surface area contributed by atoms with Gasteiger partial charge in [0.25, 0.3) is 5.95 Å². The molecule has 3 N–H and O–H groups in total. The highest BCUT2D eigenvalue weighted by molar-refractivity contribution is 7.80. The molecule has 0 bridgehead atoms. The zero-order valence-corrected chi connectivity index (χ0v) is 17.0. The standard InChI is InChI=1S/C20H19F3N6OS/c21-10-3-4-12(22)11(8-10)14-2-1-6-28(14)16-5-7-29-19(25-16)17(18(23)27-29)26-20(31)24-13-9-15(13)30/h3-5,7-8,13-15,30H,1-2,6,9H2,(H2,24,26,31)/t13-,14?,15-/m1/s1. The van der Waals surface area contributed by atoms with Crippen LogP contribution in [0.4, 0.5) is 24.7 Å². The summed E-state index contributed by atoms with van der Waals surface area (Å²) >= 11 is 5.19. The van der Waals surface area contributed by atoms with E-state index in [9.17, 15) is 18.3 Å². The molecule has 2 aromatic heterocycles. The van der Waals surface area contributed by atoms with Gasteiger partial charge in [0.05, 0.1) is 18.2 Å². The number of fused-ring (bicyclic) bond motifs is 1. The van der Waals surface area contributed by atoms with Gasteiger partial charge in [0.1, 0.15) is 23.1 Å². The highest BCUT2D eigenvalue weighted by atomic mass is 32.1. The number of rotatable bonds is 4. The lowest BCUT2D eigenvalue weighted by Crippen LogP contribution is -2.32. The lowest BCUT2D eigenvalue weighted by Gasteiger charge is -2.26. The fourth-order valence-electron chi connectivity index (χ4n) is 3.95. The number of hydrogen-bond acceptors (Lipinski definition) is 5. The van der Waals surface area contributed by atoms with Crippen molar-refractivity contribution in [2.75, 3.05) is 16.8 Å². The van der Waals surface area contributed by atoms with Gasteiger partial charge in [-0.15, -0.1) is 5.10 Å². The second-order valence-electron chi connectivity index (χ2n) is 7.74. The number of hydrogen-bond donors (Lipinski definition) is 3. The summed E-state index contributed by atoms with van der Waals surface area (Å²) in [6, 6.07) is 4.55. The molecule has 1 aromatic carbocycles. The summed E-state index contributed by atoms with van der Waals surface area (Å²) in [5, 5.41) is 19.1. The second-order valence-corrected chi connectivity index (χ2v) is 8.15. The van der Waals surface area contributed by atoms with E-state index in [1.165, 1.54) is 10.6 Å². The van der Waals surface area contributed by atoms with E-state index in [2.05, 4.69) is 20.7 Å². The summed E-state index contributed by atoms with van der Waals surface area (Å²) < 4.78 is 43.9. The first-order chi connectivity index (χ1) is 14.9. The fraction of sp³-hybridized carbons (Fsp3) is 0.350. The molecule has 11 heteroatoms. The van der Waals surface area contributed by atoms with Crippen molar-refractivity contribution in [1.82, 2.24) is 19.9 Å². The van der Waals surface area contributed by atoms with Gasteiger partial charge in [0, 0.05) is 18.3 Å². The summed E-state index contributed by atoms with van der Waals surface area (Å²) in [7, 11) is 0. The molecule has 1 aliphatic heterocycles. The molecule has 2 aliphatic rings. The fourth-order valence-corrected chi connectivity index (χ4v) is 4.20. The van der Waals surface area contributed by atoms with Gasteiger partial charge in [0.15, 0.2) is 10.8 Å². The van der Waals surface area contributed by atoms with E-state index in [1.54, 1.807) is 12.3 Å². The zero-order chi connectivity index (χ0) is 21.7. The van der Waals surface area contributed by atoms with E-state index in [0.29, 0.717) is 25.2 Å². The van der Waals surface area contributed by atoms with Crippen LogP contribution in [0.3, 0.4) is 0 Å². The SMILES string of the molecule is O[C@@H]1C[C@H]1NC(=S)Nc1c(F)nn2ccc(N3CCCC3c3cc(F)ccc3F)nc12. The van der Waals surface area contributed by atoms with Crippen LogP contribution in [0.1, 0.15) is 30.9 Å². The molecular formula is C20H19F3N6OS. The van der Waals surface area contributed by atoms with Crippen LogP contribution in [-0.4, -0.2) is 43.5 Å². The van der Waals surface area contributed by atoms with E-state index in [-0.39, 0.29) is 34.1 Å². The Hall–Kier alpha value is -2.92. The van der Waals surface area contributed by atoms with Crippen molar-refractivity contribution in [2.45, 2.75) is 37.5 Å². The Morgan fingerprint density at radius 2 is 2.03 bits per heavy atom. The number of thiocarbonyl (C=S) groups is 1. The molecule has 1 aliphatic carbocycles. The van der Waals surface area contributed by atoms with Gasteiger partial charge in [-0.05, 0) is 55.7 Å². The lowest BCUT2D eigenvalue weighted by molar-refractivity contribution is 0.269. The van der Waals surface area contributed by atoms with E-state index in [1.807, 2.05) is 4.90 Å². The second kappa shape index (κ2) is 7.65. The van der Waals surface area contributed by atoms with E-state index >= 15 is 0 Å². The molecule has 0 amide bonds. The Labute approximate surface area is 180 Å². The van der Waals surface area contributed by atoms with Gasteiger partial charge in [-0.25, -0.2) is 18.3 Å². The van der Waals surface area contributed by atoms with Crippen LogP contribution in [0.5, 0.6) is 0 Å². The molecule has 5 rings (SSSR count). The Kier molecular flexibility index (Phi) is 4.94. The van der Waals surface area contributed by atoms with Crippen molar-refractivity contribution in [3.63, 3.8) is 0 Å². The minimum absolute atomic E-state index is 0.00201. The number of aromatic nitrogens is 3. The van der Waals surface area contributed by atoms with Crippen LogP contribution < -0.4 is 15.5 Å². The van der Waals surface area contributed by atoms with Crippen molar-refractivity contribution < 1.29 is 18.3 Å². The molecule has 0 radical (unpaired) electrons. The molecule has 3 atom stereocenters. The molecule has 2 fully saturated rings. The van der Waals surface area contributed by atoms with E-state index in [0.717, 1.165) is 18.6 Å². The largest absolute Gasteiger partial charge is 0.391 e. The number of nitrogens with zero attached hydrogens (tertiary/aromatic N) is 4. The number of aliphatic hydroxyl groups excluding tert-OH is 1. The molecule has 3 heterocycles. The summed E-state index contributed by atoms with van der Waals surface area (Å²) in [6.45, 7) is 0.600. The monoisotopic (exact) mass is 448 g/mol. The first kappa shape index (κ1) is 20.0. The van der Waals surface area contributed by atoms with Crippen molar-refractivity contribution in [2.24, 2.45) is 0 Å². The zero-order valence-electron chi connectivity index (χ0n) is 16.2. The van der Waals surface area contributed by atoms with Crippen LogP contribution in [0.25, 0.3) is 5.65 Å². The molecule has 7 nitrogen and oxygen atoms in total. The molecule has 1 saturated carbocycles. The third-order valence-corrected chi connectivity index (χ3v) is 5.82. The van der Waals surface area contributed by atoms with Crippen LogP contribution >= 0.6 is 12.2 Å². The third-order valence-electron chi connectivity index (χ3n) is 5.60. The minimum atomic E-state index is -0.778. The molecular weight excluding hydrogens is 429 g/mol. The van der Waals surface area contributed by atoms with Crippen LogP contribution in [0.15, 0.2) is 30.5 Å². The van der Waals surface area contributed by atoms with Gasteiger partial charge in [0.2, 0.25) is 0 Å². The maximum absolute atomic E-state index is 14.5. The van der Waals surface area contributed by atoms with Crippen LogP contribution in [0, 0.1) is 17.6 Å². The topological polar surface area (TPSA) is 77.7 Å². The smallest absolute Gasteiger partial charge is 0.258 e. The molecule has 162 valence electrons. The van der Waals surface area contributed by atoms with Gasteiger partial charge in [-0.1, -0.05) is 0 Å². The molecule has 3 aromatic rings. The van der Waals surface area contributed by atoms with E-state index < -0.39 is 23.7 Å². The maximum atomic E-state index is 14.5. The number of benzene rings is 1. The molecule has 1 unspecified atom stereocenters. The van der Waals surface area contributed by atoms with Crippen molar-refractivity contribution in [3.05, 3.63) is 53.6 Å². The van der Waals surface area contributed by atoms with Gasteiger partial charge >= 0.3 is 0 Å². The summed E-state index contributed by atoms with van der Waals surface area (Å²) in [6.07, 6.45) is 3.10. The summed E-state index contributed by atoms with van der Waals surface area (Å²) in [4.78, 5) is 6.42. The van der Waals surface area contributed by atoms with Gasteiger partial charge < -0.3 is 20.6 Å². The first-order valence-electron chi connectivity index (χ1n) is 9.93. The summed E-state index contributed by atoms with van der Waals surface area (Å²) in [5.74, 6) is -1.26. The van der Waals surface area contributed by atoms with Gasteiger partial charge in [-0.3, -0.25) is 0 Å². The third kappa shape index (κ3) is 3.79. The van der Waals surface area contributed by atoms with Crippen molar-refractivity contribution in [1.29, 1.82) is 0 Å². The average Bonchev–Trinajstić information content (AvgIpc) is 3.13. The highest BCUT2D eigenvalue weighted by Gasteiger charge is 2.36. The Balaban J connectivity index is 1.46. The molecule has 1 saturated heterocycles. The molecule has 0 spiro atoms. The predicted molar refractivity (Wildman–Crippen MR) is 112 cm³/mol. The van der Waals surface area contributed by atoms with Crippen molar-refractivity contribution in [3.8, 4) is 0 Å². The normalized spacial score (nSPS) is 22.7. The minimum Gasteiger partial charge on any atom is -0.391 e. The average molecular weight is 448 g/mol. The Bertz CT molecular complexity index is 1170. The molecule has 31 heavy (non-hydrogen) atoms. The quantitative estimate of drug-likeness (QED) is 0.530. The number of halogens is 3. The van der Waals surface area contributed by atoms with Gasteiger partial charge in [-0.2, -0.15) is 4.39 Å². The lowest BCUT2D eigenvalue weighted by atomic mass is 10.0. The Morgan fingerprint density at radius 3 is 2.81 bits per heavy atom. The Morgan fingerprint density at radius 1 is 1.23 bits per heavy atom. The number of aliphatic hydroxyl groups is 1. The van der Waals surface area contributed by atoms with Crippen molar-refractivity contribution >= 4 is 34.5 Å². The highest BCUT2D eigenvalue weighted by Crippen LogP contribution is 2.37. The van der Waals surface area contributed by atoms with Crippen LogP contribution in [-0.2, 0) is 0 Å². The maximum Gasteiger partial charge on any atom is 0.258 e. The summed E-state index contributed by atoms with van der Waals surface area (Å²) in [5.41, 5.74) is 0.480. The van der Waals surface area contributed by atoms with E-state index in [4.69, 9.17) is 12.2 Å².